The van der Waals surface area contributed by atoms with Crippen LogP contribution in [0.3, 0.4) is 0 Å². The average molecular weight is 292 g/mol. The Bertz CT molecular complexity index is 393. The Balaban J connectivity index is 1.74. The van der Waals surface area contributed by atoms with E-state index in [-0.39, 0.29) is 0 Å². The summed E-state index contributed by atoms with van der Waals surface area (Å²) in [5, 5.41) is 4.24. The molecule has 0 radical (unpaired) electrons. The molecular weight excluding hydrogens is 260 g/mol. The van der Waals surface area contributed by atoms with Gasteiger partial charge in [-0.15, -0.1) is 0 Å². The number of hydrogen-bond acceptors (Lipinski definition) is 3. The Hall–Kier alpha value is -0.870. The molecule has 1 aromatic rings. The first-order valence-corrected chi connectivity index (χ1v) is 8.66. The lowest BCUT2D eigenvalue weighted by Crippen LogP contribution is -2.42. The van der Waals surface area contributed by atoms with Crippen molar-refractivity contribution in [1.29, 1.82) is 0 Å². The molecule has 1 heterocycles. The van der Waals surface area contributed by atoms with Crippen LogP contribution in [-0.2, 0) is 13.5 Å². The number of aryl methyl sites for hydroxylation is 2. The summed E-state index contributed by atoms with van der Waals surface area (Å²) in [6.45, 7) is 2.29. The van der Waals surface area contributed by atoms with Gasteiger partial charge < -0.3 is 0 Å². The van der Waals surface area contributed by atoms with Gasteiger partial charge in [0, 0.05) is 19.3 Å². The predicted octanol–water partition coefficient (Wildman–Crippen LogP) is 3.18. The fourth-order valence-corrected chi connectivity index (χ4v) is 3.75. The van der Waals surface area contributed by atoms with Crippen LogP contribution in [-0.4, -0.2) is 15.8 Å². The molecule has 0 aliphatic heterocycles. The summed E-state index contributed by atoms with van der Waals surface area (Å²) in [4.78, 5) is 0. The van der Waals surface area contributed by atoms with Crippen LogP contribution in [0, 0.1) is 11.8 Å². The summed E-state index contributed by atoms with van der Waals surface area (Å²) in [7, 11) is 1.97. The van der Waals surface area contributed by atoms with E-state index in [1.165, 1.54) is 50.5 Å². The molecule has 120 valence electrons. The Labute approximate surface area is 129 Å². The van der Waals surface area contributed by atoms with Crippen LogP contribution in [0.25, 0.3) is 0 Å². The van der Waals surface area contributed by atoms with Crippen molar-refractivity contribution in [2.75, 3.05) is 0 Å². The van der Waals surface area contributed by atoms with Gasteiger partial charge in [-0.1, -0.05) is 39.0 Å². The zero-order valence-corrected chi connectivity index (χ0v) is 13.7. The van der Waals surface area contributed by atoms with Gasteiger partial charge in [-0.2, -0.15) is 5.10 Å². The predicted molar refractivity (Wildman–Crippen MR) is 87.6 cm³/mol. The summed E-state index contributed by atoms with van der Waals surface area (Å²) in [6.07, 6.45) is 15.9. The molecule has 1 aromatic heterocycles. The van der Waals surface area contributed by atoms with Crippen molar-refractivity contribution < 1.29 is 0 Å². The van der Waals surface area contributed by atoms with Crippen LogP contribution in [0.4, 0.5) is 0 Å². The summed E-state index contributed by atoms with van der Waals surface area (Å²) >= 11 is 0. The molecule has 1 unspecified atom stereocenters. The number of unbranched alkanes of at least 4 members (excludes halogenated alkanes) is 1. The number of nitrogens with two attached hydrogens (primary N) is 1. The van der Waals surface area contributed by atoms with Gasteiger partial charge in [-0.3, -0.25) is 16.0 Å². The van der Waals surface area contributed by atoms with E-state index in [4.69, 9.17) is 5.84 Å². The van der Waals surface area contributed by atoms with Gasteiger partial charge in [0.15, 0.2) is 0 Å². The van der Waals surface area contributed by atoms with Gasteiger partial charge >= 0.3 is 0 Å². The Kier molecular flexibility index (Phi) is 6.71. The Morgan fingerprint density at radius 3 is 2.71 bits per heavy atom. The molecule has 1 saturated carbocycles. The third-order valence-electron chi connectivity index (χ3n) is 5.14. The van der Waals surface area contributed by atoms with Gasteiger partial charge in [-0.25, -0.2) is 0 Å². The molecular formula is C17H32N4. The molecule has 1 aliphatic rings. The average Bonchev–Trinajstić information content (AvgIpc) is 2.92. The van der Waals surface area contributed by atoms with Gasteiger partial charge in [0.1, 0.15) is 0 Å². The minimum absolute atomic E-state index is 0.456. The van der Waals surface area contributed by atoms with E-state index in [0.717, 1.165) is 24.7 Å². The van der Waals surface area contributed by atoms with Gasteiger partial charge in [0.2, 0.25) is 0 Å². The fraction of sp³-hybridized carbons (Fsp3) is 0.824. The van der Waals surface area contributed by atoms with E-state index in [0.29, 0.717) is 6.04 Å². The van der Waals surface area contributed by atoms with Gasteiger partial charge in [0.05, 0.1) is 6.20 Å². The highest BCUT2D eigenvalue weighted by atomic mass is 15.2. The molecule has 0 spiro atoms. The van der Waals surface area contributed by atoms with Crippen molar-refractivity contribution in [3.05, 3.63) is 18.0 Å². The number of nitrogens with zero attached hydrogens (tertiary/aromatic N) is 2. The molecule has 2 rings (SSSR count). The Morgan fingerprint density at radius 2 is 2.14 bits per heavy atom. The standard InChI is InChI=1S/C17H32N4/c1-3-4-5-14-6-9-16(10-7-14)17(20-18)11-8-15-12-19-21(2)13-15/h12-14,16-17,20H,3-11,18H2,1-2H3. The topological polar surface area (TPSA) is 55.9 Å². The van der Waals surface area contributed by atoms with Crippen LogP contribution in [0.15, 0.2) is 12.4 Å². The van der Waals surface area contributed by atoms with E-state index >= 15 is 0 Å². The molecule has 0 aromatic carbocycles. The van der Waals surface area contributed by atoms with Gasteiger partial charge in [-0.05, 0) is 43.1 Å². The first-order valence-electron chi connectivity index (χ1n) is 8.66. The third kappa shape index (κ3) is 5.11. The molecule has 21 heavy (non-hydrogen) atoms. The minimum atomic E-state index is 0.456. The quantitative estimate of drug-likeness (QED) is 0.571. The number of nitrogens with one attached hydrogen (secondary N) is 1. The van der Waals surface area contributed by atoms with Crippen molar-refractivity contribution >= 4 is 0 Å². The molecule has 3 N–H and O–H groups in total. The van der Waals surface area contributed by atoms with Crippen molar-refractivity contribution in [1.82, 2.24) is 15.2 Å². The smallest absolute Gasteiger partial charge is 0.0521 e. The summed E-state index contributed by atoms with van der Waals surface area (Å²) < 4.78 is 1.87. The van der Waals surface area contributed by atoms with Crippen LogP contribution in [0.2, 0.25) is 0 Å². The molecule has 4 heteroatoms. The lowest BCUT2D eigenvalue weighted by atomic mass is 9.76. The zero-order valence-electron chi connectivity index (χ0n) is 13.7. The Morgan fingerprint density at radius 1 is 1.38 bits per heavy atom. The maximum atomic E-state index is 5.82. The summed E-state index contributed by atoms with van der Waals surface area (Å²) in [5.74, 6) is 7.54. The molecule has 0 saturated heterocycles. The maximum Gasteiger partial charge on any atom is 0.0521 e. The second-order valence-electron chi connectivity index (χ2n) is 6.76. The summed E-state index contributed by atoms with van der Waals surface area (Å²) in [6, 6.07) is 0.456. The highest BCUT2D eigenvalue weighted by molar-refractivity contribution is 5.04. The van der Waals surface area contributed by atoms with E-state index in [1.54, 1.807) is 0 Å². The number of rotatable bonds is 8. The van der Waals surface area contributed by atoms with Crippen LogP contribution in [0.1, 0.15) is 63.9 Å². The second kappa shape index (κ2) is 8.54. The second-order valence-corrected chi connectivity index (χ2v) is 6.76. The lowest BCUT2D eigenvalue weighted by Gasteiger charge is -2.33. The highest BCUT2D eigenvalue weighted by Crippen LogP contribution is 2.34. The number of aromatic nitrogens is 2. The van der Waals surface area contributed by atoms with Crippen molar-refractivity contribution in [2.24, 2.45) is 24.7 Å². The molecule has 4 nitrogen and oxygen atoms in total. The monoisotopic (exact) mass is 292 g/mol. The van der Waals surface area contributed by atoms with Crippen LogP contribution >= 0.6 is 0 Å². The lowest BCUT2D eigenvalue weighted by molar-refractivity contribution is 0.206. The molecule has 1 atom stereocenters. The number of hydrazine groups is 1. The fourth-order valence-electron chi connectivity index (χ4n) is 3.75. The largest absolute Gasteiger partial charge is 0.276 e. The van der Waals surface area contributed by atoms with Crippen molar-refractivity contribution in [3.63, 3.8) is 0 Å². The van der Waals surface area contributed by atoms with E-state index in [2.05, 4.69) is 23.6 Å². The normalized spacial score (nSPS) is 24.1. The zero-order chi connectivity index (χ0) is 15.1. The van der Waals surface area contributed by atoms with E-state index in [9.17, 15) is 0 Å². The molecule has 1 fully saturated rings. The first kappa shape index (κ1) is 16.5. The third-order valence-corrected chi connectivity index (χ3v) is 5.14. The highest BCUT2D eigenvalue weighted by Gasteiger charge is 2.26. The minimum Gasteiger partial charge on any atom is -0.276 e. The molecule has 0 amide bonds. The summed E-state index contributed by atoms with van der Waals surface area (Å²) in [5.41, 5.74) is 4.39. The molecule has 1 aliphatic carbocycles. The molecule has 0 bridgehead atoms. The number of hydrogen-bond donors (Lipinski definition) is 2. The van der Waals surface area contributed by atoms with E-state index < -0.39 is 0 Å². The maximum absolute atomic E-state index is 5.82. The van der Waals surface area contributed by atoms with Crippen molar-refractivity contribution in [2.45, 2.75) is 70.8 Å². The van der Waals surface area contributed by atoms with E-state index in [1.807, 2.05) is 17.9 Å². The van der Waals surface area contributed by atoms with Gasteiger partial charge in [0.25, 0.3) is 0 Å². The first-order chi connectivity index (χ1) is 10.2. The van der Waals surface area contributed by atoms with Crippen LogP contribution < -0.4 is 11.3 Å². The SMILES string of the molecule is CCCCC1CCC(C(CCc2cnn(C)c2)NN)CC1. The van der Waals surface area contributed by atoms with Crippen molar-refractivity contribution in [3.8, 4) is 0 Å². The van der Waals surface area contributed by atoms with Crippen LogP contribution in [0.5, 0.6) is 0 Å².